The first-order chi connectivity index (χ1) is 12.7. The average Bonchev–Trinajstić information content (AvgIpc) is 2.58. The minimum absolute atomic E-state index is 0.104. The Morgan fingerprint density at radius 1 is 0.929 bits per heavy atom. The van der Waals surface area contributed by atoms with Crippen LogP contribution in [0.2, 0.25) is 5.02 Å². The molecular weight excluding hydrogens is 410 g/mol. The third-order valence-electron chi connectivity index (χ3n) is 4.33. The summed E-state index contributed by atoms with van der Waals surface area (Å²) in [4.78, 5) is 11.0. The second kappa shape index (κ2) is 7.40. The molecule has 0 amide bonds. The predicted molar refractivity (Wildman–Crippen MR) is 92.4 cm³/mol. The third-order valence-corrected chi connectivity index (χ3v) is 4.64. The lowest BCUT2D eigenvalue weighted by atomic mass is 9.88. The van der Waals surface area contributed by atoms with Gasteiger partial charge in [-0.3, -0.25) is 4.79 Å². The molecule has 0 bridgehead atoms. The van der Waals surface area contributed by atoms with Crippen molar-refractivity contribution < 1.29 is 36.2 Å². The number of hydrogen-bond donors (Lipinski definition) is 1. The molecule has 9 heteroatoms. The molecular formula is C19H15ClF6O2. The molecule has 0 spiro atoms. The number of carbonyl (C=O) groups excluding carboxylic acids is 1. The van der Waals surface area contributed by atoms with Crippen LogP contribution < -0.4 is 0 Å². The van der Waals surface area contributed by atoms with E-state index < -0.39 is 28.5 Å². The standard InChI is InChI=1S/C19H15ClF6O2/c1-10(2)15-7-11(9-27)3-5-13(15)14-6-4-12(8-16(14)20)17(28,18(21,22)23)19(24,25)26/h3-10,28H,1-2H3. The van der Waals surface area contributed by atoms with Crippen LogP contribution in [0.3, 0.4) is 0 Å². The number of hydrogen-bond acceptors (Lipinski definition) is 2. The van der Waals surface area contributed by atoms with E-state index in [9.17, 15) is 36.2 Å². The van der Waals surface area contributed by atoms with Crippen molar-refractivity contribution in [1.82, 2.24) is 0 Å². The van der Waals surface area contributed by atoms with Gasteiger partial charge in [0, 0.05) is 21.7 Å². The molecule has 152 valence electrons. The molecule has 0 saturated carbocycles. The van der Waals surface area contributed by atoms with Gasteiger partial charge in [-0.15, -0.1) is 0 Å². The lowest BCUT2D eigenvalue weighted by molar-refractivity contribution is -0.376. The van der Waals surface area contributed by atoms with Crippen LogP contribution in [0.15, 0.2) is 36.4 Å². The zero-order chi connectivity index (χ0) is 21.5. The van der Waals surface area contributed by atoms with Crippen LogP contribution >= 0.6 is 11.6 Å². The number of halogens is 7. The minimum Gasteiger partial charge on any atom is -0.369 e. The maximum Gasteiger partial charge on any atom is 0.430 e. The Morgan fingerprint density at radius 2 is 1.46 bits per heavy atom. The highest BCUT2D eigenvalue weighted by Crippen LogP contribution is 2.51. The predicted octanol–water partition coefficient (Wildman–Crippen LogP) is 6.26. The summed E-state index contributed by atoms with van der Waals surface area (Å²) in [6, 6.07) is 6.52. The largest absolute Gasteiger partial charge is 0.430 e. The fourth-order valence-corrected chi connectivity index (χ4v) is 3.11. The smallest absolute Gasteiger partial charge is 0.369 e. The van der Waals surface area contributed by atoms with E-state index in [-0.39, 0.29) is 11.5 Å². The molecule has 0 heterocycles. The van der Waals surface area contributed by atoms with Crippen molar-refractivity contribution in [3.05, 3.63) is 58.1 Å². The lowest BCUT2D eigenvalue weighted by Crippen LogP contribution is -2.53. The quantitative estimate of drug-likeness (QED) is 0.465. The van der Waals surface area contributed by atoms with Crippen LogP contribution in [-0.2, 0) is 5.60 Å². The Morgan fingerprint density at radius 3 is 1.89 bits per heavy atom. The van der Waals surface area contributed by atoms with Crippen LogP contribution in [0, 0.1) is 0 Å². The van der Waals surface area contributed by atoms with Crippen molar-refractivity contribution in [3.8, 4) is 11.1 Å². The van der Waals surface area contributed by atoms with Crippen LogP contribution in [0.1, 0.15) is 41.3 Å². The van der Waals surface area contributed by atoms with Gasteiger partial charge in [0.2, 0.25) is 0 Å². The summed E-state index contributed by atoms with van der Waals surface area (Å²) < 4.78 is 78.3. The van der Waals surface area contributed by atoms with E-state index in [0.29, 0.717) is 35.1 Å². The molecule has 2 rings (SSSR count). The van der Waals surface area contributed by atoms with Gasteiger partial charge in [0.1, 0.15) is 6.29 Å². The second-order valence-corrected chi connectivity index (χ2v) is 6.93. The summed E-state index contributed by atoms with van der Waals surface area (Å²) in [5, 5.41) is 9.11. The second-order valence-electron chi connectivity index (χ2n) is 6.52. The number of rotatable bonds is 4. The van der Waals surface area contributed by atoms with Gasteiger partial charge in [0.25, 0.3) is 5.60 Å². The van der Waals surface area contributed by atoms with Crippen molar-refractivity contribution in [3.63, 3.8) is 0 Å². The fraction of sp³-hybridized carbons (Fsp3) is 0.316. The lowest BCUT2D eigenvalue weighted by Gasteiger charge is -2.33. The molecule has 28 heavy (non-hydrogen) atoms. The Kier molecular flexibility index (Phi) is 5.88. The Bertz CT molecular complexity index is 873. The van der Waals surface area contributed by atoms with Crippen LogP contribution in [0.25, 0.3) is 11.1 Å². The van der Waals surface area contributed by atoms with Crippen molar-refractivity contribution in [2.45, 2.75) is 37.7 Å². The molecule has 0 aromatic heterocycles. The average molecular weight is 425 g/mol. The summed E-state index contributed by atoms with van der Waals surface area (Å²) in [5.74, 6) is -0.104. The van der Waals surface area contributed by atoms with Gasteiger partial charge in [0.05, 0.1) is 0 Å². The van der Waals surface area contributed by atoms with Gasteiger partial charge in [-0.1, -0.05) is 49.7 Å². The van der Waals surface area contributed by atoms with E-state index in [0.717, 1.165) is 6.07 Å². The normalized spacial score (nSPS) is 13.1. The van der Waals surface area contributed by atoms with E-state index in [4.69, 9.17) is 11.6 Å². The van der Waals surface area contributed by atoms with Gasteiger partial charge < -0.3 is 5.11 Å². The van der Waals surface area contributed by atoms with Crippen molar-refractivity contribution in [2.24, 2.45) is 0 Å². The highest BCUT2D eigenvalue weighted by Gasteiger charge is 2.71. The molecule has 2 nitrogen and oxygen atoms in total. The molecule has 0 atom stereocenters. The topological polar surface area (TPSA) is 37.3 Å². The van der Waals surface area contributed by atoms with E-state index in [2.05, 4.69) is 0 Å². The van der Waals surface area contributed by atoms with Gasteiger partial charge in [0.15, 0.2) is 0 Å². The molecule has 0 unspecified atom stereocenters. The fourth-order valence-electron chi connectivity index (χ4n) is 2.82. The number of alkyl halides is 6. The minimum atomic E-state index is -6.00. The zero-order valence-electron chi connectivity index (χ0n) is 14.6. The highest BCUT2D eigenvalue weighted by atomic mass is 35.5. The SMILES string of the molecule is CC(C)c1cc(C=O)ccc1-c1ccc(C(O)(C(F)(F)F)C(F)(F)F)cc1Cl. The first-order valence-corrected chi connectivity index (χ1v) is 8.37. The summed E-state index contributed by atoms with van der Waals surface area (Å²) in [7, 11) is 0. The van der Waals surface area contributed by atoms with Crippen LogP contribution in [0.4, 0.5) is 26.3 Å². The van der Waals surface area contributed by atoms with E-state index in [1.54, 1.807) is 6.07 Å². The third kappa shape index (κ3) is 3.75. The summed E-state index contributed by atoms with van der Waals surface area (Å²) >= 11 is 6.01. The monoisotopic (exact) mass is 424 g/mol. The summed E-state index contributed by atoms with van der Waals surface area (Å²) in [6.45, 7) is 3.61. The van der Waals surface area contributed by atoms with Gasteiger partial charge in [-0.2, -0.15) is 26.3 Å². The maximum atomic E-state index is 13.0. The molecule has 0 aliphatic carbocycles. The highest BCUT2D eigenvalue weighted by molar-refractivity contribution is 6.33. The maximum absolute atomic E-state index is 13.0. The number of benzene rings is 2. The molecule has 1 N–H and O–H groups in total. The van der Waals surface area contributed by atoms with E-state index in [1.165, 1.54) is 12.1 Å². The zero-order valence-corrected chi connectivity index (χ0v) is 15.4. The Labute approximate surface area is 161 Å². The molecule has 2 aromatic carbocycles. The molecule has 0 fully saturated rings. The molecule has 0 aliphatic heterocycles. The summed E-state index contributed by atoms with van der Waals surface area (Å²) in [5.41, 5.74) is -4.84. The molecule has 0 saturated heterocycles. The molecule has 0 aliphatic rings. The van der Waals surface area contributed by atoms with Crippen molar-refractivity contribution >= 4 is 17.9 Å². The van der Waals surface area contributed by atoms with E-state index >= 15 is 0 Å². The Hall–Kier alpha value is -2.06. The molecule has 2 aromatic rings. The first kappa shape index (κ1) is 22.2. The van der Waals surface area contributed by atoms with Gasteiger partial charge in [-0.05, 0) is 29.2 Å². The molecule has 0 radical (unpaired) electrons. The Balaban J connectivity index is 2.68. The van der Waals surface area contributed by atoms with Gasteiger partial charge in [-0.25, -0.2) is 0 Å². The van der Waals surface area contributed by atoms with Crippen LogP contribution in [0.5, 0.6) is 0 Å². The summed E-state index contributed by atoms with van der Waals surface area (Å²) in [6.07, 6.45) is -11.4. The van der Waals surface area contributed by atoms with Gasteiger partial charge >= 0.3 is 12.4 Å². The van der Waals surface area contributed by atoms with E-state index in [1.807, 2.05) is 13.8 Å². The van der Waals surface area contributed by atoms with Crippen LogP contribution in [-0.4, -0.2) is 23.7 Å². The number of aldehydes is 1. The number of carbonyl (C=O) groups is 1. The number of aliphatic hydroxyl groups is 1. The van der Waals surface area contributed by atoms with Crippen molar-refractivity contribution in [2.75, 3.05) is 0 Å². The first-order valence-electron chi connectivity index (χ1n) is 7.99. The van der Waals surface area contributed by atoms with Crippen molar-refractivity contribution in [1.29, 1.82) is 0 Å².